The van der Waals surface area contributed by atoms with Gasteiger partial charge in [0.15, 0.2) is 0 Å². The molecule has 0 saturated heterocycles. The van der Waals surface area contributed by atoms with Crippen molar-refractivity contribution in [2.24, 2.45) is 0 Å². The molecule has 2 heterocycles. The molecule has 1 aromatic heterocycles. The lowest BCUT2D eigenvalue weighted by Gasteiger charge is -2.47. The fourth-order valence-corrected chi connectivity index (χ4v) is 3.67. The molecule has 122 valence electrons. The summed E-state index contributed by atoms with van der Waals surface area (Å²) in [4.78, 5) is 13.3. The van der Waals surface area contributed by atoms with E-state index in [-0.39, 0.29) is 11.3 Å². The van der Waals surface area contributed by atoms with Crippen molar-refractivity contribution in [1.82, 2.24) is 0 Å². The highest BCUT2D eigenvalue weighted by Crippen LogP contribution is 2.44. The van der Waals surface area contributed by atoms with Gasteiger partial charge in [0.2, 0.25) is 5.76 Å². The summed E-state index contributed by atoms with van der Waals surface area (Å²) in [5.74, 6) is -0.0125. The molecule has 1 N–H and O–H groups in total. The Bertz CT molecular complexity index is 750. The van der Waals surface area contributed by atoms with Crippen LogP contribution in [0.1, 0.15) is 55.0 Å². The predicted octanol–water partition coefficient (Wildman–Crippen LogP) is 4.92. The van der Waals surface area contributed by atoms with Crippen LogP contribution >= 0.6 is 11.6 Å². The zero-order valence-corrected chi connectivity index (χ0v) is 14.2. The molecule has 0 unspecified atom stereocenters. The first kappa shape index (κ1) is 15.9. The van der Waals surface area contributed by atoms with Crippen LogP contribution in [-0.2, 0) is 6.54 Å². The van der Waals surface area contributed by atoms with Gasteiger partial charge in [-0.3, -0.25) is 0 Å². The number of aromatic carboxylic acids is 1. The second-order valence-corrected chi connectivity index (χ2v) is 7.21. The van der Waals surface area contributed by atoms with Crippen LogP contribution < -0.4 is 4.90 Å². The fourth-order valence-electron chi connectivity index (χ4n) is 3.49. The minimum absolute atomic E-state index is 0.0282. The summed E-state index contributed by atoms with van der Waals surface area (Å²) >= 11 is 6.16. The van der Waals surface area contributed by atoms with E-state index in [1.165, 1.54) is 11.6 Å². The van der Waals surface area contributed by atoms with Crippen molar-refractivity contribution < 1.29 is 14.3 Å². The Kier molecular flexibility index (Phi) is 3.88. The van der Waals surface area contributed by atoms with Gasteiger partial charge >= 0.3 is 5.97 Å². The normalized spacial score (nSPS) is 19.5. The van der Waals surface area contributed by atoms with Gasteiger partial charge in [0.1, 0.15) is 5.76 Å². The van der Waals surface area contributed by atoms with Gasteiger partial charge in [-0.05, 0) is 62.1 Å². The third-order valence-electron chi connectivity index (χ3n) is 4.53. The number of hydrogen-bond donors (Lipinski definition) is 1. The van der Waals surface area contributed by atoms with Crippen LogP contribution in [-0.4, -0.2) is 16.6 Å². The number of fused-ring (bicyclic) bond motifs is 1. The lowest BCUT2D eigenvalue weighted by Crippen LogP contribution is -2.47. The molecule has 0 saturated carbocycles. The first-order valence-corrected chi connectivity index (χ1v) is 8.05. The molecule has 3 rings (SSSR count). The standard InChI is InChI=1S/C18H20ClNO3/c1-11-9-18(2,3)20(15-6-4-12(19)8-14(11)15)10-13-5-7-16(23-13)17(21)22/h4-8,11H,9-10H2,1-3H3,(H,21,22)/t11-/m0/s1. The highest BCUT2D eigenvalue weighted by molar-refractivity contribution is 6.30. The van der Waals surface area contributed by atoms with E-state index >= 15 is 0 Å². The molecule has 4 nitrogen and oxygen atoms in total. The van der Waals surface area contributed by atoms with Crippen molar-refractivity contribution in [2.75, 3.05) is 4.90 Å². The summed E-state index contributed by atoms with van der Waals surface area (Å²) in [6.45, 7) is 7.13. The van der Waals surface area contributed by atoms with Crippen LogP contribution in [0.2, 0.25) is 5.02 Å². The van der Waals surface area contributed by atoms with Crippen molar-refractivity contribution >= 4 is 23.3 Å². The average molecular weight is 334 g/mol. The largest absolute Gasteiger partial charge is 0.475 e. The summed E-state index contributed by atoms with van der Waals surface area (Å²) in [7, 11) is 0. The number of furan rings is 1. The van der Waals surface area contributed by atoms with Crippen LogP contribution in [0.3, 0.4) is 0 Å². The third kappa shape index (κ3) is 2.95. The Morgan fingerprint density at radius 3 is 2.78 bits per heavy atom. The Labute approximate surface area is 140 Å². The minimum Gasteiger partial charge on any atom is -0.475 e. The number of carbonyl (C=O) groups is 1. The van der Waals surface area contributed by atoms with E-state index < -0.39 is 5.97 Å². The van der Waals surface area contributed by atoms with Gasteiger partial charge in [0.25, 0.3) is 0 Å². The number of rotatable bonds is 3. The Balaban J connectivity index is 1.99. The molecule has 0 spiro atoms. The molecule has 5 heteroatoms. The fraction of sp³-hybridized carbons (Fsp3) is 0.389. The van der Waals surface area contributed by atoms with E-state index in [1.54, 1.807) is 6.07 Å². The summed E-state index contributed by atoms with van der Waals surface area (Å²) in [6, 6.07) is 9.18. The predicted molar refractivity (Wildman–Crippen MR) is 90.4 cm³/mol. The maximum absolute atomic E-state index is 11.0. The van der Waals surface area contributed by atoms with E-state index in [2.05, 4.69) is 25.7 Å². The molecular formula is C18H20ClNO3. The zero-order valence-electron chi connectivity index (χ0n) is 13.5. The molecule has 0 amide bonds. The van der Waals surface area contributed by atoms with Crippen LogP contribution in [0.25, 0.3) is 0 Å². The van der Waals surface area contributed by atoms with Crippen molar-refractivity contribution in [2.45, 2.75) is 45.2 Å². The van der Waals surface area contributed by atoms with Crippen molar-refractivity contribution in [3.8, 4) is 0 Å². The molecule has 23 heavy (non-hydrogen) atoms. The molecule has 0 bridgehead atoms. The lowest BCUT2D eigenvalue weighted by molar-refractivity contribution is 0.0660. The maximum Gasteiger partial charge on any atom is 0.371 e. The number of carboxylic acids is 1. The quantitative estimate of drug-likeness (QED) is 0.865. The third-order valence-corrected chi connectivity index (χ3v) is 4.77. The second kappa shape index (κ2) is 5.60. The van der Waals surface area contributed by atoms with Crippen molar-refractivity contribution in [1.29, 1.82) is 0 Å². The Hall–Kier alpha value is -1.94. The van der Waals surface area contributed by atoms with Crippen molar-refractivity contribution in [3.63, 3.8) is 0 Å². The van der Waals surface area contributed by atoms with Gasteiger partial charge in [-0.15, -0.1) is 0 Å². The van der Waals surface area contributed by atoms with E-state index in [4.69, 9.17) is 21.1 Å². The van der Waals surface area contributed by atoms with Gasteiger partial charge in [-0.25, -0.2) is 4.79 Å². The monoisotopic (exact) mass is 333 g/mol. The summed E-state index contributed by atoms with van der Waals surface area (Å²) in [5.41, 5.74) is 2.30. The van der Waals surface area contributed by atoms with Gasteiger partial charge in [-0.2, -0.15) is 0 Å². The first-order chi connectivity index (χ1) is 10.8. The highest BCUT2D eigenvalue weighted by Gasteiger charge is 2.36. The number of carboxylic acid groups (broad SMARTS) is 1. The molecule has 0 fully saturated rings. The molecule has 0 radical (unpaired) electrons. The van der Waals surface area contributed by atoms with Gasteiger partial charge in [-0.1, -0.05) is 18.5 Å². The molecule has 1 aliphatic heterocycles. The number of benzene rings is 1. The Morgan fingerprint density at radius 2 is 2.13 bits per heavy atom. The van der Waals surface area contributed by atoms with E-state index in [0.29, 0.717) is 18.2 Å². The maximum atomic E-state index is 11.0. The SMILES string of the molecule is C[C@H]1CC(C)(C)N(Cc2ccc(C(=O)O)o2)c2ccc(Cl)cc21. The smallest absolute Gasteiger partial charge is 0.371 e. The first-order valence-electron chi connectivity index (χ1n) is 7.67. The van der Waals surface area contributed by atoms with Gasteiger partial charge in [0.05, 0.1) is 6.54 Å². The summed E-state index contributed by atoms with van der Waals surface area (Å²) < 4.78 is 5.44. The number of nitrogens with zero attached hydrogens (tertiary/aromatic N) is 1. The molecule has 1 aliphatic rings. The van der Waals surface area contributed by atoms with Crippen molar-refractivity contribution in [3.05, 3.63) is 52.4 Å². The van der Waals surface area contributed by atoms with Gasteiger partial charge < -0.3 is 14.4 Å². The van der Waals surface area contributed by atoms with E-state index in [0.717, 1.165) is 17.1 Å². The van der Waals surface area contributed by atoms with Crippen LogP contribution in [0.5, 0.6) is 0 Å². The lowest BCUT2D eigenvalue weighted by atomic mass is 9.80. The molecule has 1 atom stereocenters. The Morgan fingerprint density at radius 1 is 1.39 bits per heavy atom. The summed E-state index contributed by atoms with van der Waals surface area (Å²) in [6.07, 6.45) is 0.993. The molecular weight excluding hydrogens is 314 g/mol. The van der Waals surface area contributed by atoms with Gasteiger partial charge in [0, 0.05) is 16.2 Å². The van der Waals surface area contributed by atoms with E-state index in [9.17, 15) is 4.79 Å². The van der Waals surface area contributed by atoms with Crippen LogP contribution in [0, 0.1) is 0 Å². The zero-order chi connectivity index (χ0) is 16.8. The summed E-state index contributed by atoms with van der Waals surface area (Å²) in [5, 5.41) is 9.75. The van der Waals surface area contributed by atoms with Crippen LogP contribution in [0.15, 0.2) is 34.7 Å². The molecule has 0 aliphatic carbocycles. The average Bonchev–Trinajstić information content (AvgIpc) is 2.92. The molecule has 1 aromatic carbocycles. The van der Waals surface area contributed by atoms with Crippen LogP contribution in [0.4, 0.5) is 5.69 Å². The number of hydrogen-bond acceptors (Lipinski definition) is 3. The highest BCUT2D eigenvalue weighted by atomic mass is 35.5. The molecule has 2 aromatic rings. The second-order valence-electron chi connectivity index (χ2n) is 6.78. The number of anilines is 1. The minimum atomic E-state index is -1.05. The van der Waals surface area contributed by atoms with E-state index in [1.807, 2.05) is 18.2 Å². The topological polar surface area (TPSA) is 53.7 Å². The number of halogens is 1.